The van der Waals surface area contributed by atoms with E-state index >= 15 is 0 Å². The molecule has 0 atom stereocenters. The first-order valence-electron chi connectivity index (χ1n) is 7.84. The highest BCUT2D eigenvalue weighted by Gasteiger charge is 2.17. The Morgan fingerprint density at radius 2 is 2.00 bits per heavy atom. The van der Waals surface area contributed by atoms with Crippen molar-refractivity contribution in [3.63, 3.8) is 0 Å². The molecule has 0 saturated carbocycles. The summed E-state index contributed by atoms with van der Waals surface area (Å²) in [4.78, 5) is 12.4. The molecule has 25 heavy (non-hydrogen) atoms. The van der Waals surface area contributed by atoms with Gasteiger partial charge in [-0.15, -0.1) is 10.2 Å². The van der Waals surface area contributed by atoms with Crippen molar-refractivity contribution >= 4 is 17.7 Å². The molecular formula is C17H20N6OS. The number of carbonyl (C=O) groups excluding carboxylic acids is 1. The Kier molecular flexibility index (Phi) is 4.89. The normalized spacial score (nSPS) is 10.9. The summed E-state index contributed by atoms with van der Waals surface area (Å²) in [6.07, 6.45) is 1.96. The number of thioether (sulfide) groups is 1. The van der Waals surface area contributed by atoms with Crippen molar-refractivity contribution in [1.29, 1.82) is 0 Å². The van der Waals surface area contributed by atoms with Gasteiger partial charge in [-0.2, -0.15) is 5.10 Å². The van der Waals surface area contributed by atoms with Gasteiger partial charge in [0, 0.05) is 7.05 Å². The zero-order chi connectivity index (χ0) is 18.0. The monoisotopic (exact) mass is 356 g/mol. The van der Waals surface area contributed by atoms with E-state index in [2.05, 4.69) is 20.6 Å². The summed E-state index contributed by atoms with van der Waals surface area (Å²) in [6, 6.07) is 9.80. The van der Waals surface area contributed by atoms with Crippen LogP contribution in [0.15, 0.2) is 35.5 Å². The lowest BCUT2D eigenvalue weighted by Gasteiger charge is -2.12. The summed E-state index contributed by atoms with van der Waals surface area (Å²) in [7, 11) is 1.75. The summed E-state index contributed by atoms with van der Waals surface area (Å²) in [5.74, 6) is 0.499. The highest BCUT2D eigenvalue weighted by molar-refractivity contribution is 7.98. The summed E-state index contributed by atoms with van der Waals surface area (Å²) < 4.78 is 3.55. The molecule has 2 heterocycles. The number of hydrogen-bond acceptors (Lipinski definition) is 5. The second-order valence-corrected chi connectivity index (χ2v) is 6.48. The third kappa shape index (κ3) is 3.43. The SMILES string of the molecule is CSc1nnc(CNC(=O)c2cc(C)nn2C)n1-c1ccccc1C. The predicted octanol–water partition coefficient (Wildman–Crippen LogP) is 2.27. The third-order valence-corrected chi connectivity index (χ3v) is 4.51. The molecule has 0 spiro atoms. The zero-order valence-electron chi connectivity index (χ0n) is 14.6. The van der Waals surface area contributed by atoms with Crippen LogP contribution in [-0.4, -0.2) is 36.7 Å². The number of nitrogens with zero attached hydrogens (tertiary/aromatic N) is 5. The van der Waals surface area contributed by atoms with E-state index in [4.69, 9.17) is 0 Å². The molecule has 0 aliphatic heterocycles. The van der Waals surface area contributed by atoms with Gasteiger partial charge in [-0.05, 0) is 37.8 Å². The van der Waals surface area contributed by atoms with E-state index in [1.165, 1.54) is 11.8 Å². The van der Waals surface area contributed by atoms with Gasteiger partial charge < -0.3 is 5.32 Å². The Balaban J connectivity index is 1.86. The van der Waals surface area contributed by atoms with Crippen LogP contribution in [0.1, 0.15) is 27.6 Å². The standard InChI is InChI=1S/C17H20N6OS/c1-11-7-5-6-8-13(11)23-15(19-20-17(23)25-4)10-18-16(24)14-9-12(2)21-22(14)3/h5-9H,10H2,1-4H3,(H,18,24). The number of carbonyl (C=O) groups is 1. The van der Waals surface area contributed by atoms with Crippen LogP contribution in [0.2, 0.25) is 0 Å². The van der Waals surface area contributed by atoms with Crippen LogP contribution in [0.4, 0.5) is 0 Å². The molecule has 1 amide bonds. The van der Waals surface area contributed by atoms with Crippen molar-refractivity contribution in [2.24, 2.45) is 7.05 Å². The van der Waals surface area contributed by atoms with Crippen LogP contribution < -0.4 is 5.32 Å². The van der Waals surface area contributed by atoms with E-state index in [1.54, 1.807) is 17.8 Å². The molecule has 0 bridgehead atoms. The van der Waals surface area contributed by atoms with Crippen LogP contribution in [0.5, 0.6) is 0 Å². The number of hydrogen-bond donors (Lipinski definition) is 1. The number of amides is 1. The van der Waals surface area contributed by atoms with Gasteiger partial charge in [0.05, 0.1) is 17.9 Å². The largest absolute Gasteiger partial charge is 0.343 e. The van der Waals surface area contributed by atoms with Crippen LogP contribution in [0, 0.1) is 13.8 Å². The maximum atomic E-state index is 12.4. The van der Waals surface area contributed by atoms with Gasteiger partial charge >= 0.3 is 0 Å². The van der Waals surface area contributed by atoms with Crippen LogP contribution in [-0.2, 0) is 13.6 Å². The van der Waals surface area contributed by atoms with Crippen molar-refractivity contribution in [3.05, 3.63) is 53.1 Å². The zero-order valence-corrected chi connectivity index (χ0v) is 15.5. The molecule has 130 valence electrons. The van der Waals surface area contributed by atoms with E-state index in [0.29, 0.717) is 11.5 Å². The molecule has 0 aliphatic carbocycles. The molecule has 0 aliphatic rings. The molecule has 1 N–H and O–H groups in total. The predicted molar refractivity (Wildman–Crippen MR) is 97.0 cm³/mol. The van der Waals surface area contributed by atoms with Gasteiger partial charge in [0.2, 0.25) is 0 Å². The van der Waals surface area contributed by atoms with E-state index < -0.39 is 0 Å². The van der Waals surface area contributed by atoms with Crippen molar-refractivity contribution in [2.45, 2.75) is 25.5 Å². The number of aromatic nitrogens is 5. The van der Waals surface area contributed by atoms with Gasteiger partial charge in [-0.25, -0.2) is 0 Å². The quantitative estimate of drug-likeness (QED) is 0.710. The Bertz CT molecular complexity index is 914. The molecule has 0 fully saturated rings. The second-order valence-electron chi connectivity index (χ2n) is 5.70. The smallest absolute Gasteiger partial charge is 0.269 e. The van der Waals surface area contributed by atoms with Crippen LogP contribution >= 0.6 is 11.8 Å². The molecule has 0 unspecified atom stereocenters. The molecule has 1 aromatic carbocycles. The summed E-state index contributed by atoms with van der Waals surface area (Å²) in [6.45, 7) is 4.18. The van der Waals surface area contributed by atoms with Gasteiger partial charge in [-0.1, -0.05) is 30.0 Å². The van der Waals surface area contributed by atoms with E-state index in [0.717, 1.165) is 22.1 Å². The molecule has 3 aromatic rings. The van der Waals surface area contributed by atoms with Gasteiger partial charge in [0.15, 0.2) is 11.0 Å². The molecule has 8 heteroatoms. The lowest BCUT2D eigenvalue weighted by Crippen LogP contribution is -2.26. The minimum Gasteiger partial charge on any atom is -0.343 e. The maximum Gasteiger partial charge on any atom is 0.269 e. The topological polar surface area (TPSA) is 77.6 Å². The fraction of sp³-hybridized carbons (Fsp3) is 0.294. The molecule has 7 nitrogen and oxygen atoms in total. The average Bonchev–Trinajstić information content (AvgIpc) is 3.15. The van der Waals surface area contributed by atoms with Crippen molar-refractivity contribution < 1.29 is 4.79 Å². The summed E-state index contributed by atoms with van der Waals surface area (Å²) >= 11 is 1.52. The maximum absolute atomic E-state index is 12.4. The lowest BCUT2D eigenvalue weighted by molar-refractivity contribution is 0.0940. The Labute approximate surface area is 150 Å². The summed E-state index contributed by atoms with van der Waals surface area (Å²) in [5.41, 5.74) is 3.45. The first-order valence-corrected chi connectivity index (χ1v) is 9.07. The van der Waals surface area contributed by atoms with Gasteiger partial charge in [-0.3, -0.25) is 14.0 Å². The Hall–Kier alpha value is -2.61. The highest BCUT2D eigenvalue weighted by atomic mass is 32.2. The van der Waals surface area contributed by atoms with Crippen LogP contribution in [0.3, 0.4) is 0 Å². The molecular weight excluding hydrogens is 336 g/mol. The van der Waals surface area contributed by atoms with Crippen LogP contribution in [0.25, 0.3) is 5.69 Å². The van der Waals surface area contributed by atoms with Gasteiger partial charge in [0.25, 0.3) is 5.91 Å². The number of benzene rings is 1. The molecule has 0 saturated heterocycles. The van der Waals surface area contributed by atoms with Gasteiger partial charge in [0.1, 0.15) is 5.69 Å². The molecule has 3 rings (SSSR count). The number of para-hydroxylation sites is 1. The average molecular weight is 356 g/mol. The fourth-order valence-electron chi connectivity index (χ4n) is 2.68. The highest BCUT2D eigenvalue weighted by Crippen LogP contribution is 2.22. The first kappa shape index (κ1) is 17.2. The lowest BCUT2D eigenvalue weighted by atomic mass is 10.2. The van der Waals surface area contributed by atoms with Crippen molar-refractivity contribution in [3.8, 4) is 5.69 Å². The van der Waals surface area contributed by atoms with E-state index in [1.807, 2.05) is 48.9 Å². The first-order chi connectivity index (χ1) is 12.0. The number of aryl methyl sites for hydroxylation is 3. The van der Waals surface area contributed by atoms with Crippen molar-refractivity contribution in [1.82, 2.24) is 29.9 Å². The second kappa shape index (κ2) is 7.10. The van der Waals surface area contributed by atoms with E-state index in [9.17, 15) is 4.79 Å². The molecule has 0 radical (unpaired) electrons. The van der Waals surface area contributed by atoms with E-state index in [-0.39, 0.29) is 12.5 Å². The minimum absolute atomic E-state index is 0.187. The number of rotatable bonds is 5. The Morgan fingerprint density at radius 3 is 2.64 bits per heavy atom. The summed E-state index contributed by atoms with van der Waals surface area (Å²) in [5, 5.41) is 16.4. The van der Waals surface area contributed by atoms with Crippen molar-refractivity contribution in [2.75, 3.05) is 6.26 Å². The Morgan fingerprint density at radius 1 is 1.24 bits per heavy atom. The molecule has 2 aromatic heterocycles. The fourth-order valence-corrected chi connectivity index (χ4v) is 3.19. The third-order valence-electron chi connectivity index (χ3n) is 3.88. The minimum atomic E-state index is -0.187. The number of nitrogens with one attached hydrogen (secondary N) is 1.